The number of rotatable bonds is 3. The molecule has 0 fully saturated rings. The van der Waals surface area contributed by atoms with Gasteiger partial charge in [0.1, 0.15) is 0 Å². The van der Waals surface area contributed by atoms with Crippen molar-refractivity contribution in [1.82, 2.24) is 0 Å². The first-order chi connectivity index (χ1) is 3.72. The molecule has 50 valence electrons. The molecule has 0 heterocycles. The van der Waals surface area contributed by atoms with E-state index in [9.17, 15) is 0 Å². The van der Waals surface area contributed by atoms with Crippen LogP contribution in [0.5, 0.6) is 0 Å². The fraction of sp³-hybridized carbons (Fsp3) is 1.00. The van der Waals surface area contributed by atoms with Crippen LogP contribution in [0, 0.1) is 0 Å². The van der Waals surface area contributed by atoms with Gasteiger partial charge in [-0.3, -0.25) is 0 Å². The third-order valence-corrected chi connectivity index (χ3v) is 2.16. The summed E-state index contributed by atoms with van der Waals surface area (Å²) in [7, 11) is 0. The third-order valence-electron chi connectivity index (χ3n) is 1.10. The monoisotopic (exact) mass is 136 g/mol. The molecule has 2 nitrogen and oxygen atoms in total. The van der Waals surface area contributed by atoms with Crippen LogP contribution < -0.4 is 0 Å². The summed E-state index contributed by atoms with van der Waals surface area (Å²) < 4.78 is 0. The molecule has 0 aliphatic carbocycles. The number of hydrogen-bond donors (Lipinski definition) is 2. The number of aliphatic hydroxyl groups is 2. The lowest BCUT2D eigenvalue weighted by atomic mass is 10.3. The second kappa shape index (κ2) is 4.18. The Bertz CT molecular complexity index is 50.4. The van der Waals surface area contributed by atoms with Gasteiger partial charge in [-0.25, -0.2) is 0 Å². The molecule has 0 spiro atoms. The summed E-state index contributed by atoms with van der Waals surface area (Å²) in [6.45, 7) is 1.74. The molecule has 0 bridgehead atoms. The van der Waals surface area contributed by atoms with E-state index in [0.29, 0.717) is 0 Å². The van der Waals surface area contributed by atoms with Crippen LogP contribution >= 0.6 is 11.8 Å². The van der Waals surface area contributed by atoms with E-state index in [4.69, 9.17) is 10.2 Å². The van der Waals surface area contributed by atoms with E-state index < -0.39 is 6.10 Å². The second-order valence-corrected chi connectivity index (χ2v) is 2.91. The highest BCUT2D eigenvalue weighted by Gasteiger charge is 2.09. The van der Waals surface area contributed by atoms with Gasteiger partial charge >= 0.3 is 0 Å². The quantitative estimate of drug-likeness (QED) is 0.577. The smallest absolute Gasteiger partial charge is 0.0886 e. The molecule has 2 unspecified atom stereocenters. The minimum absolute atomic E-state index is 0.137. The van der Waals surface area contributed by atoms with Crippen LogP contribution in [-0.2, 0) is 0 Å². The molecule has 2 N–H and O–H groups in total. The summed E-state index contributed by atoms with van der Waals surface area (Å²) >= 11 is 1.55. The Labute approximate surface area is 53.9 Å². The molecule has 0 aliphatic rings. The third kappa shape index (κ3) is 2.55. The number of aliphatic hydroxyl groups excluding tert-OH is 2. The average Bonchev–Trinajstić information content (AvgIpc) is 1.84. The molecule has 3 heteroatoms. The fourth-order valence-electron chi connectivity index (χ4n) is 0.306. The Hall–Kier alpha value is 0.270. The molecule has 0 amide bonds. The molecule has 2 atom stereocenters. The van der Waals surface area contributed by atoms with Crippen LogP contribution in [0.15, 0.2) is 0 Å². The van der Waals surface area contributed by atoms with E-state index in [1.807, 2.05) is 13.2 Å². The SMILES string of the molecule is CSC(C)C(O)CO. The van der Waals surface area contributed by atoms with Gasteiger partial charge in [0.25, 0.3) is 0 Å². The molecule has 8 heavy (non-hydrogen) atoms. The Kier molecular flexibility index (Phi) is 4.32. The first kappa shape index (κ1) is 8.27. The van der Waals surface area contributed by atoms with Crippen molar-refractivity contribution in [2.24, 2.45) is 0 Å². The maximum absolute atomic E-state index is 8.86. The fourth-order valence-corrected chi connectivity index (χ4v) is 0.706. The van der Waals surface area contributed by atoms with Gasteiger partial charge < -0.3 is 10.2 Å². The molecule has 0 rings (SSSR count). The van der Waals surface area contributed by atoms with Gasteiger partial charge in [-0.2, -0.15) is 11.8 Å². The van der Waals surface area contributed by atoms with Gasteiger partial charge in [-0.15, -0.1) is 0 Å². The molecular formula is C5H12O2S. The summed E-state index contributed by atoms with van der Waals surface area (Å²) in [5.74, 6) is 0. The molecule has 0 saturated heterocycles. The molecular weight excluding hydrogens is 124 g/mol. The van der Waals surface area contributed by atoms with E-state index >= 15 is 0 Å². The van der Waals surface area contributed by atoms with Crippen LogP contribution in [0.2, 0.25) is 0 Å². The average molecular weight is 136 g/mol. The second-order valence-electron chi connectivity index (χ2n) is 1.69. The Morgan fingerprint density at radius 1 is 1.62 bits per heavy atom. The van der Waals surface area contributed by atoms with Crippen LogP contribution in [0.4, 0.5) is 0 Å². The van der Waals surface area contributed by atoms with Gasteiger partial charge in [0.2, 0.25) is 0 Å². The number of hydrogen-bond acceptors (Lipinski definition) is 3. The zero-order valence-corrected chi connectivity index (χ0v) is 5.98. The normalized spacial score (nSPS) is 18.0. The zero-order valence-electron chi connectivity index (χ0n) is 5.16. The highest BCUT2D eigenvalue weighted by atomic mass is 32.2. The predicted molar refractivity (Wildman–Crippen MR) is 36.1 cm³/mol. The Balaban J connectivity index is 3.29. The van der Waals surface area contributed by atoms with Gasteiger partial charge in [-0.1, -0.05) is 6.92 Å². The van der Waals surface area contributed by atoms with Crippen LogP contribution in [-0.4, -0.2) is 34.4 Å². The van der Waals surface area contributed by atoms with Crippen molar-refractivity contribution in [3.05, 3.63) is 0 Å². The van der Waals surface area contributed by atoms with Crippen molar-refractivity contribution < 1.29 is 10.2 Å². The maximum Gasteiger partial charge on any atom is 0.0886 e. The van der Waals surface area contributed by atoms with Crippen molar-refractivity contribution >= 4 is 11.8 Å². The van der Waals surface area contributed by atoms with Crippen molar-refractivity contribution in [1.29, 1.82) is 0 Å². The van der Waals surface area contributed by atoms with Crippen molar-refractivity contribution in [2.75, 3.05) is 12.9 Å². The lowest BCUT2D eigenvalue weighted by Gasteiger charge is -2.12. The summed E-state index contributed by atoms with van der Waals surface area (Å²) in [4.78, 5) is 0. The minimum Gasteiger partial charge on any atom is -0.394 e. The molecule has 0 aliphatic heterocycles. The zero-order chi connectivity index (χ0) is 6.57. The predicted octanol–water partition coefficient (Wildman–Crippen LogP) is 0.0911. The lowest BCUT2D eigenvalue weighted by molar-refractivity contribution is 0.0966. The van der Waals surface area contributed by atoms with Gasteiger partial charge in [0.05, 0.1) is 12.7 Å². The highest BCUT2D eigenvalue weighted by molar-refractivity contribution is 7.99. The highest BCUT2D eigenvalue weighted by Crippen LogP contribution is 2.08. The molecule has 0 aromatic rings. The first-order valence-electron chi connectivity index (χ1n) is 2.54. The lowest BCUT2D eigenvalue weighted by Crippen LogP contribution is -2.23. The van der Waals surface area contributed by atoms with E-state index in [1.165, 1.54) is 0 Å². The molecule has 0 aromatic heterocycles. The van der Waals surface area contributed by atoms with Gasteiger partial charge in [-0.05, 0) is 6.26 Å². The van der Waals surface area contributed by atoms with Crippen LogP contribution in [0.1, 0.15) is 6.92 Å². The Morgan fingerprint density at radius 3 is 2.25 bits per heavy atom. The van der Waals surface area contributed by atoms with Crippen molar-refractivity contribution in [3.63, 3.8) is 0 Å². The van der Waals surface area contributed by atoms with E-state index in [-0.39, 0.29) is 11.9 Å². The topological polar surface area (TPSA) is 40.5 Å². The molecule has 0 aromatic carbocycles. The summed E-state index contributed by atoms with van der Waals surface area (Å²) in [6, 6.07) is 0. The standard InChI is InChI=1S/C5H12O2S/c1-4(8-2)5(7)3-6/h4-7H,3H2,1-2H3. The molecule has 0 radical (unpaired) electrons. The van der Waals surface area contributed by atoms with E-state index in [1.54, 1.807) is 11.8 Å². The van der Waals surface area contributed by atoms with Crippen LogP contribution in [0.25, 0.3) is 0 Å². The summed E-state index contributed by atoms with van der Waals surface area (Å²) in [5.41, 5.74) is 0. The largest absolute Gasteiger partial charge is 0.394 e. The van der Waals surface area contributed by atoms with Gasteiger partial charge in [0.15, 0.2) is 0 Å². The Morgan fingerprint density at radius 2 is 2.12 bits per heavy atom. The van der Waals surface area contributed by atoms with E-state index in [0.717, 1.165) is 0 Å². The van der Waals surface area contributed by atoms with E-state index in [2.05, 4.69) is 0 Å². The van der Waals surface area contributed by atoms with Gasteiger partial charge in [0, 0.05) is 5.25 Å². The van der Waals surface area contributed by atoms with Crippen molar-refractivity contribution in [2.45, 2.75) is 18.3 Å². The maximum atomic E-state index is 8.86. The number of thioether (sulfide) groups is 1. The molecule has 0 saturated carbocycles. The van der Waals surface area contributed by atoms with Crippen LogP contribution in [0.3, 0.4) is 0 Å². The minimum atomic E-state index is -0.565. The van der Waals surface area contributed by atoms with Crippen molar-refractivity contribution in [3.8, 4) is 0 Å². The summed E-state index contributed by atoms with van der Waals surface area (Å²) in [6.07, 6.45) is 1.34. The first-order valence-corrected chi connectivity index (χ1v) is 3.83. The summed E-state index contributed by atoms with van der Waals surface area (Å²) in [5, 5.41) is 17.4.